The average molecular weight is 868 g/mol. The Balaban J connectivity index is 4.57. The van der Waals surface area contributed by atoms with Crippen LogP contribution in [0.3, 0.4) is 0 Å². The third kappa shape index (κ3) is 42.3. The van der Waals surface area contributed by atoms with E-state index in [1.165, 1.54) is 0 Å². The first kappa shape index (κ1) is 56.8. The van der Waals surface area contributed by atoms with Gasteiger partial charge < -0.3 is 30.3 Å². The van der Waals surface area contributed by atoms with Gasteiger partial charge in [-0.15, -0.1) is 0 Å². The van der Waals surface area contributed by atoms with Crippen LogP contribution in [0.2, 0.25) is 0 Å². The molecule has 0 radical (unpaired) electrons. The summed E-state index contributed by atoms with van der Waals surface area (Å²) in [6.45, 7) is 3.07. The van der Waals surface area contributed by atoms with Gasteiger partial charge in [-0.3, -0.25) is 18.6 Å². The Morgan fingerprint density at radius 3 is 1.72 bits per heavy atom. The molecule has 1 unspecified atom stereocenters. The molecular weight excluding hydrogens is 794 g/mol. The van der Waals surface area contributed by atoms with Gasteiger partial charge in [0.1, 0.15) is 6.61 Å². The predicted molar refractivity (Wildman–Crippen MR) is 249 cm³/mol. The number of ether oxygens (including phenoxy) is 2. The van der Waals surface area contributed by atoms with Crippen LogP contribution in [-0.2, 0) is 32.7 Å². The van der Waals surface area contributed by atoms with Gasteiger partial charge in [0, 0.05) is 19.4 Å². The van der Waals surface area contributed by atoms with Crippen LogP contribution >= 0.6 is 7.82 Å². The number of unbranched alkanes of at least 4 members (excludes halogenated alkanes) is 1. The normalized spacial score (nSPS) is 15.7. The molecule has 340 valence electrons. The quantitative estimate of drug-likeness (QED) is 0.0154. The van der Waals surface area contributed by atoms with Crippen LogP contribution in [0, 0.1) is 0 Å². The van der Waals surface area contributed by atoms with Gasteiger partial charge in [-0.2, -0.15) is 0 Å². The number of esters is 2. The van der Waals surface area contributed by atoms with E-state index in [4.69, 9.17) is 24.3 Å². The van der Waals surface area contributed by atoms with Crippen molar-refractivity contribution < 1.29 is 47.8 Å². The predicted octanol–water partition coefficient (Wildman–Crippen LogP) is 10.4. The number of phosphoric acid groups is 1. The highest BCUT2D eigenvalue weighted by Crippen LogP contribution is 2.43. The van der Waals surface area contributed by atoms with Crippen LogP contribution in [0.5, 0.6) is 0 Å². The molecule has 0 aromatic carbocycles. The fraction of sp³-hybridized carbons (Fsp3) is 0.469. The van der Waals surface area contributed by atoms with Crippen LogP contribution in [0.25, 0.3) is 0 Å². The van der Waals surface area contributed by atoms with Crippen molar-refractivity contribution in [2.24, 2.45) is 5.73 Å². The topological polar surface area (TPSA) is 175 Å². The number of rotatable bonds is 37. The molecule has 0 heterocycles. The molecule has 0 fully saturated rings. The maximum atomic E-state index is 12.6. The highest BCUT2D eigenvalue weighted by atomic mass is 31.2. The Bertz CT molecular complexity index is 1530. The van der Waals surface area contributed by atoms with E-state index in [0.29, 0.717) is 32.1 Å². The molecule has 0 aliphatic rings. The van der Waals surface area contributed by atoms with Crippen molar-refractivity contribution in [3.63, 3.8) is 0 Å². The van der Waals surface area contributed by atoms with E-state index in [1.807, 2.05) is 61.6 Å². The van der Waals surface area contributed by atoms with Crippen molar-refractivity contribution >= 4 is 19.8 Å². The summed E-state index contributed by atoms with van der Waals surface area (Å²) in [6, 6.07) is 0. The lowest BCUT2D eigenvalue weighted by molar-refractivity contribution is -0.161. The van der Waals surface area contributed by atoms with Crippen molar-refractivity contribution in [2.75, 3.05) is 26.4 Å². The number of aliphatic hydroxyl groups excluding tert-OH is 2. The number of nitrogens with two attached hydrogens (primary N) is 1. The number of hydrogen-bond donors (Lipinski definition) is 4. The van der Waals surface area contributed by atoms with E-state index in [-0.39, 0.29) is 32.6 Å². The second-order valence-electron chi connectivity index (χ2n) is 13.5. The van der Waals surface area contributed by atoms with Crippen molar-refractivity contribution in [1.82, 2.24) is 0 Å². The van der Waals surface area contributed by atoms with Crippen molar-refractivity contribution in [1.29, 1.82) is 0 Å². The Labute approximate surface area is 366 Å². The number of aliphatic hydroxyl groups is 2. The van der Waals surface area contributed by atoms with Crippen molar-refractivity contribution in [2.45, 2.75) is 122 Å². The van der Waals surface area contributed by atoms with Crippen molar-refractivity contribution in [3.8, 4) is 0 Å². The number of carbonyl (C=O) groups is 2. The first-order valence-corrected chi connectivity index (χ1v) is 23.0. The molecule has 0 spiro atoms. The molecule has 0 aliphatic heterocycles. The largest absolute Gasteiger partial charge is 0.472 e. The molecule has 5 N–H and O–H groups in total. The van der Waals surface area contributed by atoms with Crippen molar-refractivity contribution in [3.05, 3.63) is 146 Å². The summed E-state index contributed by atoms with van der Waals surface area (Å²) in [7, 11) is -4.46. The second-order valence-corrected chi connectivity index (χ2v) is 14.9. The second kappa shape index (κ2) is 42.5. The van der Waals surface area contributed by atoms with E-state index < -0.39 is 44.7 Å². The lowest BCUT2D eigenvalue weighted by Gasteiger charge is -2.19. The molecule has 11 nitrogen and oxygen atoms in total. The molecule has 12 heteroatoms. The number of carbonyl (C=O) groups excluding carboxylic acids is 2. The summed E-state index contributed by atoms with van der Waals surface area (Å²) in [5.41, 5.74) is 5.33. The molecule has 0 aromatic heterocycles. The first-order valence-electron chi connectivity index (χ1n) is 21.5. The Kier molecular flexibility index (Phi) is 39.6. The zero-order valence-corrected chi connectivity index (χ0v) is 37.4. The van der Waals surface area contributed by atoms with Gasteiger partial charge in [-0.25, -0.2) is 4.57 Å². The number of hydrogen-bond acceptors (Lipinski definition) is 10. The minimum Gasteiger partial charge on any atom is -0.462 e. The van der Waals surface area contributed by atoms with Gasteiger partial charge in [-0.1, -0.05) is 160 Å². The van der Waals surface area contributed by atoms with Crippen LogP contribution in [0.15, 0.2) is 146 Å². The summed E-state index contributed by atoms with van der Waals surface area (Å²) in [6.07, 6.45) is 54.0. The van der Waals surface area contributed by atoms with E-state index in [1.54, 1.807) is 30.4 Å². The lowest BCUT2D eigenvalue weighted by atomic mass is 10.2. The zero-order chi connectivity index (χ0) is 44.9. The third-order valence-corrected chi connectivity index (χ3v) is 8.89. The Morgan fingerprint density at radius 1 is 0.590 bits per heavy atom. The van der Waals surface area contributed by atoms with E-state index in [0.717, 1.165) is 44.9 Å². The highest BCUT2D eigenvalue weighted by Gasteiger charge is 2.25. The maximum Gasteiger partial charge on any atom is 0.472 e. The summed E-state index contributed by atoms with van der Waals surface area (Å²) in [5.74, 6) is -1.13. The van der Waals surface area contributed by atoms with Gasteiger partial charge in [0.2, 0.25) is 0 Å². The summed E-state index contributed by atoms with van der Waals surface area (Å²) >= 11 is 0. The SMILES string of the molecule is CC/C=C\C/C=C\C/C=C\C/C=C\C/C=C\C/C=C\CCC(=O)OC[C@H](COP(=O)(O)OCCN)OC(=O)CCC/C=C\[C@@H](O)/C=C/C=C\C/C=C\C=C\[C@@H](O)C/C=C\CC. The molecule has 0 saturated heterocycles. The van der Waals surface area contributed by atoms with Gasteiger partial charge in [0.05, 0.1) is 25.4 Å². The Hall–Kier alpha value is -4.19. The molecule has 0 saturated carbocycles. The van der Waals surface area contributed by atoms with E-state index in [2.05, 4.69) is 67.7 Å². The smallest absolute Gasteiger partial charge is 0.462 e. The highest BCUT2D eigenvalue weighted by molar-refractivity contribution is 7.47. The minimum absolute atomic E-state index is 0.00116. The number of phosphoric ester groups is 1. The zero-order valence-electron chi connectivity index (χ0n) is 36.5. The van der Waals surface area contributed by atoms with Gasteiger partial charge >= 0.3 is 19.8 Å². The first-order chi connectivity index (χ1) is 29.6. The van der Waals surface area contributed by atoms with Crippen LogP contribution in [-0.4, -0.2) is 71.7 Å². The van der Waals surface area contributed by atoms with Gasteiger partial charge in [0.15, 0.2) is 6.10 Å². The molecule has 61 heavy (non-hydrogen) atoms. The summed E-state index contributed by atoms with van der Waals surface area (Å²) in [5, 5.41) is 20.0. The summed E-state index contributed by atoms with van der Waals surface area (Å²) in [4.78, 5) is 34.8. The average Bonchev–Trinajstić information content (AvgIpc) is 3.24. The molecule has 4 atom stereocenters. The fourth-order valence-electron chi connectivity index (χ4n) is 4.75. The van der Waals surface area contributed by atoms with Crippen LogP contribution in [0.1, 0.15) is 104 Å². The number of allylic oxidation sites excluding steroid dienone is 20. The third-order valence-electron chi connectivity index (χ3n) is 7.91. The van der Waals surface area contributed by atoms with Crippen LogP contribution in [0.4, 0.5) is 0 Å². The molecule has 0 bridgehead atoms. The van der Waals surface area contributed by atoms with Crippen LogP contribution < -0.4 is 5.73 Å². The molecule has 0 rings (SSSR count). The monoisotopic (exact) mass is 868 g/mol. The minimum atomic E-state index is -4.46. The maximum absolute atomic E-state index is 12.6. The molecule has 0 amide bonds. The van der Waals surface area contributed by atoms with E-state index >= 15 is 0 Å². The fourth-order valence-corrected chi connectivity index (χ4v) is 5.52. The standard InChI is InChI=1S/C49H74NO10P/c1-3-5-7-8-9-10-11-12-13-14-15-16-17-18-19-20-24-27-33-39-48(53)57-43-47(44-59-61(55,56)58-42-41-50)60-49(54)40-34-28-32-38-46(52)37-31-26-23-21-22-25-30-36-45(51)35-29-6-4-2/h5-7,9-10,12-13,15-16,18-19,22-27,29-32,36-38,45-47,51-52H,3-4,8,11,14,17,20-21,28,33-35,39-44,50H2,1-2H3,(H,55,56)/b7-5-,10-9-,13-12-,16-15-,19-18-,25-22-,26-23-,27-24-,29-6-,36-30+,37-31+,38-32-/t45-,46-,47+/m0/s1. The Morgan fingerprint density at radius 2 is 1.13 bits per heavy atom. The lowest BCUT2D eigenvalue weighted by Crippen LogP contribution is -2.29. The summed E-state index contributed by atoms with van der Waals surface area (Å²) < 4.78 is 32.5. The van der Waals surface area contributed by atoms with Gasteiger partial charge in [0.25, 0.3) is 0 Å². The molecule has 0 aliphatic carbocycles. The molecule has 0 aromatic rings. The van der Waals surface area contributed by atoms with E-state index in [9.17, 15) is 29.3 Å². The van der Waals surface area contributed by atoms with Gasteiger partial charge in [-0.05, 0) is 77.0 Å². The molecular formula is C49H74NO10P.